The molecule has 0 radical (unpaired) electrons. The van der Waals surface area contributed by atoms with Crippen molar-refractivity contribution in [3.8, 4) is 0 Å². The number of carbonyl (C=O) groups is 2. The van der Waals surface area contributed by atoms with Gasteiger partial charge in [0.2, 0.25) is 11.6 Å². The largest absolute Gasteiger partial charge is 0.479 e. The van der Waals surface area contributed by atoms with Gasteiger partial charge in [-0.05, 0) is 22.4 Å². The van der Waals surface area contributed by atoms with E-state index in [1.54, 1.807) is 11.3 Å². The molecule has 3 rings (SSSR count). The minimum atomic E-state index is -2.30. The second kappa shape index (κ2) is 5.11. The van der Waals surface area contributed by atoms with Crippen molar-refractivity contribution in [2.75, 3.05) is 13.1 Å². The molecule has 1 aromatic carbocycles. The van der Waals surface area contributed by atoms with Crippen molar-refractivity contribution in [2.24, 2.45) is 0 Å². The Kier molecular flexibility index (Phi) is 3.41. The Hall–Kier alpha value is -1.95. The van der Waals surface area contributed by atoms with Gasteiger partial charge in [-0.3, -0.25) is 4.79 Å². The molecule has 1 atom stereocenters. The van der Waals surface area contributed by atoms with Crippen LogP contribution in [-0.2, 0) is 16.0 Å². The highest BCUT2D eigenvalue weighted by Crippen LogP contribution is 2.29. The van der Waals surface area contributed by atoms with E-state index in [0.29, 0.717) is 0 Å². The Balaban J connectivity index is 1.74. The van der Waals surface area contributed by atoms with E-state index in [4.69, 9.17) is 5.11 Å². The van der Waals surface area contributed by atoms with Crippen LogP contribution in [0.2, 0.25) is 0 Å². The highest BCUT2D eigenvalue weighted by Gasteiger charge is 2.46. The smallest absolute Gasteiger partial charge is 0.343 e. The molecule has 0 saturated carbocycles. The third kappa shape index (κ3) is 2.51. The molecule has 1 N–H and O–H groups in total. The Morgan fingerprint density at radius 2 is 2.14 bits per heavy atom. The number of benzene rings is 1. The monoisotopic (exact) mass is 307 g/mol. The zero-order valence-corrected chi connectivity index (χ0v) is 12.0. The molecule has 0 bridgehead atoms. The lowest BCUT2D eigenvalue weighted by Gasteiger charge is -2.17. The number of carboxylic acids is 1. The van der Waals surface area contributed by atoms with Gasteiger partial charge < -0.3 is 10.0 Å². The van der Waals surface area contributed by atoms with Crippen LogP contribution < -0.4 is 0 Å². The van der Waals surface area contributed by atoms with Gasteiger partial charge >= 0.3 is 5.97 Å². The fraction of sp³-hybridized carbons (Fsp3) is 0.333. The molecule has 1 fully saturated rings. The van der Waals surface area contributed by atoms with E-state index in [9.17, 15) is 14.0 Å². The summed E-state index contributed by atoms with van der Waals surface area (Å²) in [7, 11) is 0. The van der Waals surface area contributed by atoms with Crippen LogP contribution in [0, 0.1) is 0 Å². The van der Waals surface area contributed by atoms with E-state index in [2.05, 4.69) is 0 Å². The first-order valence-electron chi connectivity index (χ1n) is 6.65. The maximum Gasteiger partial charge on any atom is 0.343 e. The Morgan fingerprint density at radius 1 is 1.38 bits per heavy atom. The van der Waals surface area contributed by atoms with Crippen molar-refractivity contribution >= 4 is 33.3 Å². The van der Waals surface area contributed by atoms with Crippen molar-refractivity contribution in [1.82, 2.24) is 4.90 Å². The van der Waals surface area contributed by atoms with Crippen LogP contribution in [0.3, 0.4) is 0 Å². The molecular weight excluding hydrogens is 293 g/mol. The molecule has 1 aromatic heterocycles. The minimum absolute atomic E-state index is 0.140. The molecule has 2 heterocycles. The quantitative estimate of drug-likeness (QED) is 0.947. The minimum Gasteiger partial charge on any atom is -0.479 e. The van der Waals surface area contributed by atoms with Crippen molar-refractivity contribution < 1.29 is 19.1 Å². The summed E-state index contributed by atoms with van der Waals surface area (Å²) >= 11 is 1.56. The first kappa shape index (κ1) is 14.0. The second-order valence-corrected chi connectivity index (χ2v) is 6.18. The number of rotatable bonds is 3. The highest BCUT2D eigenvalue weighted by molar-refractivity contribution is 7.17. The molecule has 0 aliphatic carbocycles. The first-order valence-corrected chi connectivity index (χ1v) is 7.53. The number of carbonyl (C=O) groups excluding carboxylic acids is 1. The zero-order chi connectivity index (χ0) is 15.0. The van der Waals surface area contributed by atoms with Gasteiger partial charge in [0, 0.05) is 17.7 Å². The number of thiophene rings is 1. The zero-order valence-electron chi connectivity index (χ0n) is 11.2. The summed E-state index contributed by atoms with van der Waals surface area (Å²) in [5.74, 6) is -1.71. The van der Waals surface area contributed by atoms with Crippen molar-refractivity contribution in [1.29, 1.82) is 0 Å². The predicted molar refractivity (Wildman–Crippen MR) is 78.2 cm³/mol. The number of nitrogens with zero attached hydrogens (tertiary/aromatic N) is 1. The van der Waals surface area contributed by atoms with Crippen LogP contribution in [0.1, 0.15) is 12.0 Å². The van der Waals surface area contributed by atoms with Crippen LogP contribution in [0.4, 0.5) is 4.39 Å². The molecule has 0 spiro atoms. The van der Waals surface area contributed by atoms with E-state index >= 15 is 0 Å². The molecular formula is C15H14FNO3S. The number of hydrogen-bond acceptors (Lipinski definition) is 3. The maximum absolute atomic E-state index is 14.0. The lowest BCUT2D eigenvalue weighted by atomic mass is 10.1. The number of fused-ring (bicyclic) bond motifs is 1. The maximum atomic E-state index is 14.0. The third-order valence-corrected chi connectivity index (χ3v) is 4.87. The predicted octanol–water partition coefficient (Wildman–Crippen LogP) is 2.47. The highest BCUT2D eigenvalue weighted by atomic mass is 32.1. The average Bonchev–Trinajstić information content (AvgIpc) is 3.05. The average molecular weight is 307 g/mol. The van der Waals surface area contributed by atoms with Gasteiger partial charge in [0.05, 0.1) is 13.0 Å². The van der Waals surface area contributed by atoms with E-state index < -0.39 is 11.6 Å². The summed E-state index contributed by atoms with van der Waals surface area (Å²) in [4.78, 5) is 24.4. The van der Waals surface area contributed by atoms with Crippen LogP contribution in [-0.4, -0.2) is 40.6 Å². The van der Waals surface area contributed by atoms with Crippen LogP contribution >= 0.6 is 11.3 Å². The summed E-state index contributed by atoms with van der Waals surface area (Å²) in [5, 5.41) is 11.8. The van der Waals surface area contributed by atoms with Gasteiger partial charge in [0.25, 0.3) is 0 Å². The summed E-state index contributed by atoms with van der Waals surface area (Å²) in [6.07, 6.45) is 0.0399. The molecule has 21 heavy (non-hydrogen) atoms. The summed E-state index contributed by atoms with van der Waals surface area (Å²) < 4.78 is 15.1. The van der Waals surface area contributed by atoms with Crippen LogP contribution in [0.25, 0.3) is 10.1 Å². The standard InChI is InChI=1S/C15H14FNO3S/c16-15(14(19)20)5-6-17(9-15)13(18)7-10-8-21-12-4-2-1-3-11(10)12/h1-4,8H,5-7,9H2,(H,19,20). The Morgan fingerprint density at radius 3 is 2.86 bits per heavy atom. The molecule has 6 heteroatoms. The van der Waals surface area contributed by atoms with Gasteiger partial charge in [-0.25, -0.2) is 9.18 Å². The normalized spacial score (nSPS) is 21.9. The number of alkyl halides is 1. The SMILES string of the molecule is O=C(Cc1csc2ccccc12)N1CCC(F)(C(=O)O)C1. The molecule has 1 aliphatic heterocycles. The first-order chi connectivity index (χ1) is 9.99. The van der Waals surface area contributed by atoms with Crippen LogP contribution in [0.5, 0.6) is 0 Å². The van der Waals surface area contributed by atoms with Crippen molar-refractivity contribution in [3.05, 3.63) is 35.2 Å². The molecule has 1 saturated heterocycles. The van der Waals surface area contributed by atoms with Gasteiger partial charge in [0.1, 0.15) is 0 Å². The van der Waals surface area contributed by atoms with Gasteiger partial charge in [-0.2, -0.15) is 0 Å². The fourth-order valence-corrected chi connectivity index (χ4v) is 3.57. The molecule has 110 valence electrons. The number of hydrogen-bond donors (Lipinski definition) is 1. The van der Waals surface area contributed by atoms with E-state index in [1.807, 2.05) is 29.6 Å². The summed E-state index contributed by atoms with van der Waals surface area (Å²) in [5.41, 5.74) is -1.39. The Bertz CT molecular complexity index is 714. The second-order valence-electron chi connectivity index (χ2n) is 5.27. The van der Waals surface area contributed by atoms with Gasteiger partial charge in [-0.15, -0.1) is 11.3 Å². The van der Waals surface area contributed by atoms with Crippen molar-refractivity contribution in [3.63, 3.8) is 0 Å². The summed E-state index contributed by atoms with van der Waals surface area (Å²) in [6, 6.07) is 7.79. The number of amides is 1. The number of carboxylic acid groups (broad SMARTS) is 1. The summed E-state index contributed by atoms with van der Waals surface area (Å²) in [6.45, 7) is -0.201. The van der Waals surface area contributed by atoms with Crippen LogP contribution in [0.15, 0.2) is 29.6 Å². The topological polar surface area (TPSA) is 57.6 Å². The van der Waals surface area contributed by atoms with E-state index in [1.165, 1.54) is 4.90 Å². The Labute approximate surface area is 124 Å². The molecule has 4 nitrogen and oxygen atoms in total. The lowest BCUT2D eigenvalue weighted by molar-refractivity contribution is -0.150. The van der Waals surface area contributed by atoms with Crippen molar-refractivity contribution in [2.45, 2.75) is 18.5 Å². The number of likely N-dealkylation sites (tertiary alicyclic amines) is 1. The fourth-order valence-electron chi connectivity index (χ4n) is 2.60. The lowest BCUT2D eigenvalue weighted by Crippen LogP contribution is -2.39. The number of halogens is 1. The number of aliphatic carboxylic acids is 1. The molecule has 1 aliphatic rings. The third-order valence-electron chi connectivity index (χ3n) is 3.86. The molecule has 2 aromatic rings. The molecule has 1 amide bonds. The van der Waals surface area contributed by atoms with Gasteiger partial charge in [-0.1, -0.05) is 18.2 Å². The van der Waals surface area contributed by atoms with E-state index in [-0.39, 0.29) is 31.8 Å². The molecule has 1 unspecified atom stereocenters. The van der Waals surface area contributed by atoms with E-state index in [0.717, 1.165) is 15.6 Å². The van der Waals surface area contributed by atoms with Gasteiger partial charge in [0.15, 0.2) is 0 Å².